The minimum absolute atomic E-state index is 0.118. The zero-order chi connectivity index (χ0) is 15.1. The molecule has 0 spiro atoms. The van der Waals surface area contributed by atoms with Crippen LogP contribution in [0.4, 0.5) is 0 Å². The van der Waals surface area contributed by atoms with E-state index in [2.05, 4.69) is 9.84 Å². The molecule has 0 atom stereocenters. The normalized spacial score (nSPS) is 10.2. The zero-order valence-corrected chi connectivity index (χ0v) is 12.0. The molecule has 0 fully saturated rings. The molecule has 7 heteroatoms. The van der Waals surface area contributed by atoms with Crippen LogP contribution >= 0.6 is 0 Å². The largest absolute Gasteiger partial charge is 0.469 e. The van der Waals surface area contributed by atoms with Gasteiger partial charge in [0.2, 0.25) is 0 Å². The van der Waals surface area contributed by atoms with Crippen molar-refractivity contribution in [1.82, 2.24) is 14.7 Å². The van der Waals surface area contributed by atoms with Crippen LogP contribution in [-0.2, 0) is 16.1 Å². The molecule has 1 rings (SSSR count). The molecule has 20 heavy (non-hydrogen) atoms. The number of ether oxygens (including phenoxy) is 1. The van der Waals surface area contributed by atoms with E-state index in [4.69, 9.17) is 0 Å². The maximum absolute atomic E-state index is 12.1. The van der Waals surface area contributed by atoms with Gasteiger partial charge in [0, 0.05) is 26.2 Å². The Hall–Kier alpha value is -2.18. The van der Waals surface area contributed by atoms with Crippen LogP contribution in [-0.4, -0.2) is 47.3 Å². The molecule has 1 heterocycles. The minimum atomic E-state index is -0.381. The number of rotatable bonds is 6. The van der Waals surface area contributed by atoms with E-state index >= 15 is 0 Å². The quantitative estimate of drug-likeness (QED) is 0.700. The summed E-state index contributed by atoms with van der Waals surface area (Å²) in [5, 5.41) is 4.03. The lowest BCUT2D eigenvalue weighted by molar-refractivity contribution is -0.140. The lowest BCUT2D eigenvalue weighted by Crippen LogP contribution is -2.32. The van der Waals surface area contributed by atoms with Gasteiger partial charge in [0.05, 0.1) is 13.5 Å². The Balaban J connectivity index is 2.78. The number of hydrogen-bond acceptors (Lipinski definition) is 5. The number of esters is 1. The summed E-state index contributed by atoms with van der Waals surface area (Å²) in [4.78, 5) is 36.0. The van der Waals surface area contributed by atoms with Crippen LogP contribution in [0.3, 0.4) is 0 Å². The summed E-state index contributed by atoms with van der Waals surface area (Å²) in [5.41, 5.74) is -0.0500. The molecule has 7 nitrogen and oxygen atoms in total. The van der Waals surface area contributed by atoms with Gasteiger partial charge in [-0.25, -0.2) is 4.68 Å². The second-order valence-corrected chi connectivity index (χ2v) is 4.33. The van der Waals surface area contributed by atoms with Crippen molar-refractivity contribution in [2.75, 3.05) is 20.7 Å². The molecule has 0 aliphatic rings. The molecule has 0 saturated carbocycles. The van der Waals surface area contributed by atoms with E-state index in [1.54, 1.807) is 7.05 Å². The van der Waals surface area contributed by atoms with Crippen molar-refractivity contribution >= 4 is 11.9 Å². The fourth-order valence-corrected chi connectivity index (χ4v) is 1.59. The van der Waals surface area contributed by atoms with Crippen molar-refractivity contribution in [3.8, 4) is 0 Å². The molecule has 0 radical (unpaired) electrons. The Morgan fingerprint density at radius 1 is 1.40 bits per heavy atom. The maximum Gasteiger partial charge on any atom is 0.307 e. The second kappa shape index (κ2) is 7.42. The fraction of sp³-hybridized carbons (Fsp3) is 0.538. The molecule has 0 aromatic carbocycles. The lowest BCUT2D eigenvalue weighted by atomic mass is 10.3. The van der Waals surface area contributed by atoms with Gasteiger partial charge in [-0.15, -0.1) is 0 Å². The summed E-state index contributed by atoms with van der Waals surface area (Å²) in [6, 6.07) is 2.72. The predicted octanol–water partition coefficient (Wildman–Crippen LogP) is 0.288. The van der Waals surface area contributed by atoms with Crippen LogP contribution in [0.2, 0.25) is 0 Å². The minimum Gasteiger partial charge on any atom is -0.469 e. The monoisotopic (exact) mass is 281 g/mol. The summed E-state index contributed by atoms with van der Waals surface area (Å²) >= 11 is 0. The average molecular weight is 281 g/mol. The third kappa shape index (κ3) is 4.18. The van der Waals surface area contributed by atoms with Gasteiger partial charge in [0.25, 0.3) is 11.5 Å². The molecule has 1 amide bonds. The van der Waals surface area contributed by atoms with E-state index in [0.29, 0.717) is 6.54 Å². The van der Waals surface area contributed by atoms with E-state index in [1.165, 1.54) is 28.8 Å². The number of aromatic nitrogens is 2. The first-order valence-corrected chi connectivity index (χ1v) is 6.40. The van der Waals surface area contributed by atoms with Crippen molar-refractivity contribution in [1.29, 1.82) is 0 Å². The number of amides is 1. The van der Waals surface area contributed by atoms with Crippen molar-refractivity contribution in [2.45, 2.75) is 26.3 Å². The third-order valence-corrected chi connectivity index (χ3v) is 2.75. The first-order valence-electron chi connectivity index (χ1n) is 6.40. The molecule has 0 unspecified atom stereocenters. The van der Waals surface area contributed by atoms with Gasteiger partial charge >= 0.3 is 5.97 Å². The smallest absolute Gasteiger partial charge is 0.307 e. The van der Waals surface area contributed by atoms with Crippen molar-refractivity contribution in [2.24, 2.45) is 0 Å². The number of methoxy groups -OCH3 is 1. The van der Waals surface area contributed by atoms with E-state index in [-0.39, 0.29) is 36.1 Å². The second-order valence-electron chi connectivity index (χ2n) is 4.33. The van der Waals surface area contributed by atoms with Crippen LogP contribution in [0.1, 0.15) is 30.3 Å². The van der Waals surface area contributed by atoms with Gasteiger partial charge < -0.3 is 9.64 Å². The molecule has 0 bridgehead atoms. The topological polar surface area (TPSA) is 81.5 Å². The van der Waals surface area contributed by atoms with Crippen molar-refractivity contribution in [3.05, 3.63) is 28.2 Å². The van der Waals surface area contributed by atoms with Gasteiger partial charge in [-0.05, 0) is 12.5 Å². The highest BCUT2D eigenvalue weighted by Crippen LogP contribution is 2.00. The molecular formula is C13H19N3O4. The molecule has 0 N–H and O–H groups in total. The molecule has 0 saturated heterocycles. The first-order chi connectivity index (χ1) is 9.49. The van der Waals surface area contributed by atoms with Crippen LogP contribution in [0, 0.1) is 0 Å². The van der Waals surface area contributed by atoms with Gasteiger partial charge in [-0.3, -0.25) is 14.4 Å². The van der Waals surface area contributed by atoms with Crippen molar-refractivity contribution in [3.63, 3.8) is 0 Å². The summed E-state index contributed by atoms with van der Waals surface area (Å²) in [5.74, 6) is -0.715. The highest BCUT2D eigenvalue weighted by molar-refractivity contribution is 5.92. The SMILES string of the molecule is CCCn1nc(C(=O)N(C)CCC(=O)OC)ccc1=O. The Kier molecular flexibility index (Phi) is 5.89. The van der Waals surface area contributed by atoms with Crippen LogP contribution in [0.15, 0.2) is 16.9 Å². The molecule has 1 aromatic rings. The van der Waals surface area contributed by atoms with Gasteiger partial charge in [0.15, 0.2) is 0 Å². The zero-order valence-electron chi connectivity index (χ0n) is 12.0. The maximum atomic E-state index is 12.1. The Bertz CT molecular complexity index is 539. The highest BCUT2D eigenvalue weighted by atomic mass is 16.5. The molecule has 0 aliphatic heterocycles. The summed E-state index contributed by atoms with van der Waals surface area (Å²) in [6.45, 7) is 2.62. The standard InChI is InChI=1S/C13H19N3O4/c1-4-8-16-11(17)6-5-10(14-16)13(19)15(2)9-7-12(18)20-3/h5-6H,4,7-9H2,1-3H3. The van der Waals surface area contributed by atoms with Crippen LogP contribution in [0.5, 0.6) is 0 Å². The Morgan fingerprint density at radius 2 is 2.10 bits per heavy atom. The van der Waals surface area contributed by atoms with Crippen LogP contribution in [0.25, 0.3) is 0 Å². The highest BCUT2D eigenvalue weighted by Gasteiger charge is 2.15. The number of carbonyl (C=O) groups excluding carboxylic acids is 2. The average Bonchev–Trinajstić information content (AvgIpc) is 2.46. The van der Waals surface area contributed by atoms with E-state index in [0.717, 1.165) is 6.42 Å². The molecule has 0 aliphatic carbocycles. The predicted molar refractivity (Wildman–Crippen MR) is 72.4 cm³/mol. The number of aryl methyl sites for hydroxylation is 1. The third-order valence-electron chi connectivity index (χ3n) is 2.75. The van der Waals surface area contributed by atoms with E-state index in [9.17, 15) is 14.4 Å². The number of carbonyl (C=O) groups is 2. The van der Waals surface area contributed by atoms with Gasteiger partial charge in [-0.1, -0.05) is 6.92 Å². The lowest BCUT2D eigenvalue weighted by Gasteiger charge is -2.16. The van der Waals surface area contributed by atoms with E-state index < -0.39 is 0 Å². The number of hydrogen-bond donors (Lipinski definition) is 0. The van der Waals surface area contributed by atoms with E-state index in [1.807, 2.05) is 6.92 Å². The summed E-state index contributed by atoms with van der Waals surface area (Å²) in [6.07, 6.45) is 0.871. The number of nitrogens with zero attached hydrogens (tertiary/aromatic N) is 3. The molecule has 110 valence electrons. The first kappa shape index (κ1) is 15.9. The van der Waals surface area contributed by atoms with Gasteiger partial charge in [-0.2, -0.15) is 5.10 Å². The summed E-state index contributed by atoms with van der Waals surface area (Å²) in [7, 11) is 2.87. The summed E-state index contributed by atoms with van der Waals surface area (Å²) < 4.78 is 5.78. The van der Waals surface area contributed by atoms with Crippen molar-refractivity contribution < 1.29 is 14.3 Å². The fourth-order valence-electron chi connectivity index (χ4n) is 1.59. The van der Waals surface area contributed by atoms with Crippen LogP contribution < -0.4 is 5.56 Å². The van der Waals surface area contributed by atoms with Gasteiger partial charge in [0.1, 0.15) is 5.69 Å². The Labute approximate surface area is 117 Å². The Morgan fingerprint density at radius 3 is 2.70 bits per heavy atom. The molecule has 1 aromatic heterocycles. The molecular weight excluding hydrogens is 262 g/mol.